The third-order valence-corrected chi connectivity index (χ3v) is 4.89. The van der Waals surface area contributed by atoms with Crippen molar-refractivity contribution in [3.05, 3.63) is 83.9 Å². The van der Waals surface area contributed by atoms with Crippen LogP contribution in [0.4, 0.5) is 0 Å². The van der Waals surface area contributed by atoms with E-state index in [4.69, 9.17) is 5.14 Å². The normalized spacial score (nSPS) is 10.9. The molecule has 1 aromatic heterocycles. The predicted octanol–water partition coefficient (Wildman–Crippen LogP) is 4.13. The number of aromatic nitrogens is 2. The fourth-order valence-corrected chi connectivity index (χ4v) is 3.32. The summed E-state index contributed by atoms with van der Waals surface area (Å²) in [5.74, 6) is -0.112. The van der Waals surface area contributed by atoms with Crippen molar-refractivity contribution in [2.24, 2.45) is 5.14 Å². The number of nitrogens with one attached hydrogen (secondary N) is 2. The van der Waals surface area contributed by atoms with Gasteiger partial charge in [-0.3, -0.25) is 15.0 Å². The summed E-state index contributed by atoms with van der Waals surface area (Å²) in [6.45, 7) is 0.492. The van der Waals surface area contributed by atoms with Crippen molar-refractivity contribution < 1.29 is 4.79 Å². The SMILES string of the molecule is NSc1cccc(-c2n[nH]c3ccc(C(=O)NCc4ccccc4)cc23)c1. The first kappa shape index (κ1) is 17.3. The second kappa shape index (κ2) is 7.65. The zero-order chi connectivity index (χ0) is 18.6. The average Bonchev–Trinajstić information content (AvgIpc) is 3.16. The van der Waals surface area contributed by atoms with Crippen molar-refractivity contribution in [3.8, 4) is 11.3 Å². The number of benzene rings is 3. The molecule has 1 amide bonds. The van der Waals surface area contributed by atoms with Gasteiger partial charge in [-0.25, -0.2) is 0 Å². The molecule has 0 aliphatic rings. The molecule has 1 heterocycles. The molecule has 6 heteroatoms. The zero-order valence-corrected chi connectivity index (χ0v) is 15.3. The van der Waals surface area contributed by atoms with Crippen LogP contribution in [-0.4, -0.2) is 16.1 Å². The molecule has 0 aliphatic carbocycles. The Labute approximate surface area is 161 Å². The van der Waals surface area contributed by atoms with Crippen LogP contribution in [0.1, 0.15) is 15.9 Å². The third-order valence-electron chi connectivity index (χ3n) is 4.36. The molecule has 3 aromatic carbocycles. The summed E-state index contributed by atoms with van der Waals surface area (Å²) in [5.41, 5.74) is 4.31. The van der Waals surface area contributed by atoms with Gasteiger partial charge in [0.25, 0.3) is 5.91 Å². The van der Waals surface area contributed by atoms with Gasteiger partial charge >= 0.3 is 0 Å². The minimum absolute atomic E-state index is 0.112. The van der Waals surface area contributed by atoms with Crippen LogP contribution in [0.25, 0.3) is 22.2 Å². The summed E-state index contributed by atoms with van der Waals surface area (Å²) < 4.78 is 0. The number of fused-ring (bicyclic) bond motifs is 1. The number of nitrogens with two attached hydrogens (primary N) is 1. The first-order valence-corrected chi connectivity index (χ1v) is 9.40. The molecule has 4 aromatic rings. The van der Waals surface area contributed by atoms with E-state index in [2.05, 4.69) is 15.5 Å². The Kier molecular flexibility index (Phi) is 4.91. The van der Waals surface area contributed by atoms with Gasteiger partial charge in [0.15, 0.2) is 0 Å². The van der Waals surface area contributed by atoms with Crippen molar-refractivity contribution in [2.45, 2.75) is 11.4 Å². The quantitative estimate of drug-likeness (QED) is 0.459. The molecule has 0 bridgehead atoms. The monoisotopic (exact) mass is 374 g/mol. The fourth-order valence-electron chi connectivity index (χ4n) is 2.97. The first-order chi connectivity index (χ1) is 13.2. The number of H-pyrrole nitrogens is 1. The van der Waals surface area contributed by atoms with Gasteiger partial charge in [0, 0.05) is 28.0 Å². The summed E-state index contributed by atoms with van der Waals surface area (Å²) in [5, 5.41) is 17.0. The Morgan fingerprint density at radius 1 is 1.04 bits per heavy atom. The van der Waals surface area contributed by atoms with Crippen molar-refractivity contribution in [1.29, 1.82) is 0 Å². The smallest absolute Gasteiger partial charge is 0.251 e. The molecule has 4 N–H and O–H groups in total. The number of hydrogen-bond acceptors (Lipinski definition) is 4. The lowest BCUT2D eigenvalue weighted by Gasteiger charge is -2.06. The fraction of sp³-hybridized carbons (Fsp3) is 0.0476. The molecule has 4 rings (SSSR count). The Bertz CT molecular complexity index is 1090. The molecular weight excluding hydrogens is 356 g/mol. The van der Waals surface area contributed by atoms with E-state index in [0.717, 1.165) is 32.6 Å². The number of aromatic amines is 1. The van der Waals surface area contributed by atoms with Crippen LogP contribution in [0.5, 0.6) is 0 Å². The number of carbonyl (C=O) groups excluding carboxylic acids is 1. The van der Waals surface area contributed by atoms with Crippen LogP contribution in [0.2, 0.25) is 0 Å². The van der Waals surface area contributed by atoms with E-state index in [1.54, 1.807) is 6.07 Å². The van der Waals surface area contributed by atoms with Crippen LogP contribution in [0, 0.1) is 0 Å². The molecule has 0 fully saturated rings. The maximum Gasteiger partial charge on any atom is 0.251 e. The van der Waals surface area contributed by atoms with Gasteiger partial charge < -0.3 is 5.32 Å². The van der Waals surface area contributed by atoms with E-state index in [-0.39, 0.29) is 5.91 Å². The Hall–Kier alpha value is -3.09. The van der Waals surface area contributed by atoms with Gasteiger partial charge in [-0.2, -0.15) is 5.10 Å². The number of amides is 1. The van der Waals surface area contributed by atoms with Crippen LogP contribution in [-0.2, 0) is 6.54 Å². The van der Waals surface area contributed by atoms with E-state index >= 15 is 0 Å². The summed E-state index contributed by atoms with van der Waals surface area (Å²) in [6.07, 6.45) is 0. The van der Waals surface area contributed by atoms with Crippen LogP contribution < -0.4 is 10.5 Å². The highest BCUT2D eigenvalue weighted by Crippen LogP contribution is 2.29. The molecule has 27 heavy (non-hydrogen) atoms. The van der Waals surface area contributed by atoms with Crippen LogP contribution in [0.15, 0.2) is 77.7 Å². The largest absolute Gasteiger partial charge is 0.348 e. The Morgan fingerprint density at radius 3 is 2.70 bits per heavy atom. The zero-order valence-electron chi connectivity index (χ0n) is 14.5. The van der Waals surface area contributed by atoms with Crippen molar-refractivity contribution in [1.82, 2.24) is 15.5 Å². The van der Waals surface area contributed by atoms with Gasteiger partial charge in [0.05, 0.1) is 11.2 Å². The number of carbonyl (C=O) groups is 1. The average molecular weight is 374 g/mol. The third kappa shape index (κ3) is 3.72. The van der Waals surface area contributed by atoms with Gasteiger partial charge in [-0.1, -0.05) is 42.5 Å². The first-order valence-electron chi connectivity index (χ1n) is 8.52. The Balaban J connectivity index is 1.62. The number of rotatable bonds is 5. The summed E-state index contributed by atoms with van der Waals surface area (Å²) >= 11 is 1.20. The molecule has 134 valence electrons. The van der Waals surface area contributed by atoms with Crippen molar-refractivity contribution in [2.75, 3.05) is 0 Å². The highest BCUT2D eigenvalue weighted by atomic mass is 32.2. The molecule has 5 nitrogen and oxygen atoms in total. The lowest BCUT2D eigenvalue weighted by atomic mass is 10.1. The van der Waals surface area contributed by atoms with Crippen molar-refractivity contribution >= 4 is 28.8 Å². The minimum Gasteiger partial charge on any atom is -0.348 e. The number of nitrogens with zero attached hydrogens (tertiary/aromatic N) is 1. The second-order valence-electron chi connectivity index (χ2n) is 6.15. The lowest BCUT2D eigenvalue weighted by Crippen LogP contribution is -2.22. The van der Waals surface area contributed by atoms with Crippen LogP contribution in [0.3, 0.4) is 0 Å². The standard InChI is InChI=1S/C21H18N4OS/c22-27-17-8-4-7-15(11-17)20-18-12-16(9-10-19(18)24-25-20)21(26)23-13-14-5-2-1-3-6-14/h1-12H,13,22H2,(H,23,26)(H,24,25). The maximum atomic E-state index is 12.6. The topological polar surface area (TPSA) is 83.8 Å². The van der Waals surface area contributed by atoms with Crippen LogP contribution >= 0.6 is 11.9 Å². The molecule has 0 saturated carbocycles. The molecule has 0 aliphatic heterocycles. The molecule has 0 atom stereocenters. The van der Waals surface area contributed by atoms with E-state index in [9.17, 15) is 4.79 Å². The highest BCUT2D eigenvalue weighted by molar-refractivity contribution is 7.97. The number of hydrogen-bond donors (Lipinski definition) is 3. The van der Waals surface area contributed by atoms with Crippen molar-refractivity contribution in [3.63, 3.8) is 0 Å². The minimum atomic E-state index is -0.112. The van der Waals surface area contributed by atoms with E-state index in [1.807, 2.05) is 66.7 Å². The molecule has 0 radical (unpaired) electrons. The van der Waals surface area contributed by atoms with Gasteiger partial charge in [0.1, 0.15) is 0 Å². The molecular formula is C21H18N4OS. The molecule has 0 unspecified atom stereocenters. The maximum absolute atomic E-state index is 12.6. The molecule has 0 spiro atoms. The van der Waals surface area contributed by atoms with E-state index in [1.165, 1.54) is 11.9 Å². The van der Waals surface area contributed by atoms with E-state index < -0.39 is 0 Å². The van der Waals surface area contributed by atoms with Gasteiger partial charge in [-0.15, -0.1) is 0 Å². The second-order valence-corrected chi connectivity index (χ2v) is 6.85. The predicted molar refractivity (Wildman–Crippen MR) is 109 cm³/mol. The Morgan fingerprint density at radius 2 is 1.89 bits per heavy atom. The summed E-state index contributed by atoms with van der Waals surface area (Å²) in [7, 11) is 0. The molecule has 0 saturated heterocycles. The van der Waals surface area contributed by atoms with Gasteiger partial charge in [0.2, 0.25) is 0 Å². The van der Waals surface area contributed by atoms with Gasteiger partial charge in [-0.05, 0) is 47.8 Å². The summed E-state index contributed by atoms with van der Waals surface area (Å²) in [6, 6.07) is 23.3. The summed E-state index contributed by atoms with van der Waals surface area (Å²) in [4.78, 5) is 13.5. The highest BCUT2D eigenvalue weighted by Gasteiger charge is 2.12. The van der Waals surface area contributed by atoms with E-state index in [0.29, 0.717) is 12.1 Å². The lowest BCUT2D eigenvalue weighted by molar-refractivity contribution is 0.0951.